The highest BCUT2D eigenvalue weighted by Crippen LogP contribution is 2.39. The molecule has 0 saturated heterocycles. The van der Waals surface area contributed by atoms with E-state index in [2.05, 4.69) is 48.5 Å². The minimum Gasteiger partial charge on any atom is -0.0683 e. The van der Waals surface area contributed by atoms with Crippen LogP contribution in [-0.2, 0) is 0 Å². The molecule has 0 aliphatic heterocycles. The fourth-order valence-corrected chi connectivity index (χ4v) is 2.91. The molecule has 0 aromatic heterocycles. The molecule has 0 aliphatic rings. The lowest BCUT2D eigenvalue weighted by atomic mass is 9.68. The van der Waals surface area contributed by atoms with Crippen LogP contribution in [0.4, 0.5) is 0 Å². The van der Waals surface area contributed by atoms with E-state index < -0.39 is 0 Å². The summed E-state index contributed by atoms with van der Waals surface area (Å²) >= 11 is 0. The van der Waals surface area contributed by atoms with Crippen LogP contribution in [0.1, 0.15) is 88.0 Å². The molecule has 106 valence electrons. The summed E-state index contributed by atoms with van der Waals surface area (Å²) in [6.45, 7) is 20.6. The van der Waals surface area contributed by atoms with Crippen molar-refractivity contribution in [3.05, 3.63) is 0 Å². The van der Waals surface area contributed by atoms with Gasteiger partial charge in [-0.2, -0.15) is 0 Å². The first-order valence-corrected chi connectivity index (χ1v) is 7.82. The van der Waals surface area contributed by atoms with Gasteiger partial charge in [-0.15, -0.1) is 0 Å². The Balaban J connectivity index is 0. The largest absolute Gasteiger partial charge is 0.0683 e. The van der Waals surface area contributed by atoms with Gasteiger partial charge in [0.05, 0.1) is 0 Å². The van der Waals surface area contributed by atoms with Gasteiger partial charge < -0.3 is 0 Å². The van der Waals surface area contributed by atoms with E-state index >= 15 is 0 Å². The van der Waals surface area contributed by atoms with Crippen LogP contribution >= 0.6 is 0 Å². The van der Waals surface area contributed by atoms with Crippen LogP contribution in [0, 0.1) is 23.2 Å². The van der Waals surface area contributed by atoms with Crippen LogP contribution in [0.3, 0.4) is 0 Å². The molecule has 2 atom stereocenters. The van der Waals surface area contributed by atoms with Gasteiger partial charge in [-0.3, -0.25) is 0 Å². The van der Waals surface area contributed by atoms with E-state index in [-0.39, 0.29) is 0 Å². The lowest BCUT2D eigenvalue weighted by Gasteiger charge is -2.38. The second-order valence-corrected chi connectivity index (χ2v) is 6.56. The Hall–Kier alpha value is 0. The van der Waals surface area contributed by atoms with Crippen LogP contribution in [0.2, 0.25) is 0 Å². The fraction of sp³-hybridized carbons (Fsp3) is 1.00. The van der Waals surface area contributed by atoms with Crippen molar-refractivity contribution in [3.8, 4) is 0 Å². The van der Waals surface area contributed by atoms with Gasteiger partial charge >= 0.3 is 0 Å². The SMILES string of the molecule is CC.CCCC(C(CC)CC(C)C)C(C)(C)C. The Bertz CT molecular complexity index is 150. The topological polar surface area (TPSA) is 0 Å². The Morgan fingerprint density at radius 2 is 1.41 bits per heavy atom. The molecule has 0 fully saturated rings. The van der Waals surface area contributed by atoms with Gasteiger partial charge in [0.1, 0.15) is 0 Å². The van der Waals surface area contributed by atoms with Crippen LogP contribution in [0.25, 0.3) is 0 Å². The molecular weight excluding hydrogens is 204 g/mol. The second-order valence-electron chi connectivity index (χ2n) is 6.56. The fourth-order valence-electron chi connectivity index (χ4n) is 2.91. The van der Waals surface area contributed by atoms with E-state index in [1.807, 2.05) is 13.8 Å². The highest BCUT2D eigenvalue weighted by Gasteiger charge is 2.30. The Morgan fingerprint density at radius 3 is 1.65 bits per heavy atom. The monoisotopic (exact) mass is 242 g/mol. The van der Waals surface area contributed by atoms with Crippen molar-refractivity contribution < 1.29 is 0 Å². The van der Waals surface area contributed by atoms with Gasteiger partial charge in [0, 0.05) is 0 Å². The molecular formula is C17H38. The minimum absolute atomic E-state index is 0.478. The third-order valence-electron chi connectivity index (χ3n) is 3.58. The van der Waals surface area contributed by atoms with E-state index in [4.69, 9.17) is 0 Å². The standard InChI is InChI=1S/C15H32.C2H6/c1-8-10-14(15(5,6)7)13(9-2)11-12(3)4;1-2/h12-14H,8-11H2,1-7H3;1-2H3. The van der Waals surface area contributed by atoms with E-state index in [1.165, 1.54) is 25.7 Å². The van der Waals surface area contributed by atoms with Gasteiger partial charge in [-0.05, 0) is 36.0 Å². The van der Waals surface area contributed by atoms with E-state index in [1.54, 1.807) is 0 Å². The number of hydrogen-bond acceptors (Lipinski definition) is 0. The number of hydrogen-bond donors (Lipinski definition) is 0. The molecule has 0 bridgehead atoms. The Kier molecular flexibility index (Phi) is 11.3. The molecule has 0 saturated carbocycles. The first kappa shape index (κ1) is 19.3. The first-order chi connectivity index (χ1) is 7.82. The average molecular weight is 242 g/mol. The molecule has 0 N–H and O–H groups in total. The summed E-state index contributed by atoms with van der Waals surface area (Å²) in [5, 5.41) is 0. The van der Waals surface area contributed by atoms with Crippen LogP contribution in [0.15, 0.2) is 0 Å². The smallest absolute Gasteiger partial charge is 0.0337 e. The van der Waals surface area contributed by atoms with Crippen molar-refractivity contribution in [2.75, 3.05) is 0 Å². The second kappa shape index (κ2) is 9.97. The molecule has 2 unspecified atom stereocenters. The zero-order valence-electron chi connectivity index (χ0n) is 14.1. The minimum atomic E-state index is 0.478. The van der Waals surface area contributed by atoms with Gasteiger partial charge in [0.25, 0.3) is 0 Å². The van der Waals surface area contributed by atoms with Crippen molar-refractivity contribution in [2.45, 2.75) is 88.0 Å². The van der Waals surface area contributed by atoms with Crippen LogP contribution in [-0.4, -0.2) is 0 Å². The van der Waals surface area contributed by atoms with Gasteiger partial charge in [0.2, 0.25) is 0 Å². The lowest BCUT2D eigenvalue weighted by Crippen LogP contribution is -2.29. The van der Waals surface area contributed by atoms with Crippen molar-refractivity contribution in [2.24, 2.45) is 23.2 Å². The van der Waals surface area contributed by atoms with Crippen molar-refractivity contribution >= 4 is 0 Å². The molecule has 0 spiro atoms. The molecule has 0 aliphatic carbocycles. The summed E-state index contributed by atoms with van der Waals surface area (Å²) in [7, 11) is 0. The molecule has 0 radical (unpaired) electrons. The summed E-state index contributed by atoms with van der Waals surface area (Å²) in [5.41, 5.74) is 0.478. The van der Waals surface area contributed by atoms with E-state index in [0.29, 0.717) is 5.41 Å². The first-order valence-electron chi connectivity index (χ1n) is 7.82. The zero-order chi connectivity index (χ0) is 14.1. The molecule has 0 amide bonds. The highest BCUT2D eigenvalue weighted by molar-refractivity contribution is 4.80. The van der Waals surface area contributed by atoms with E-state index in [0.717, 1.165) is 17.8 Å². The summed E-state index contributed by atoms with van der Waals surface area (Å²) in [6.07, 6.45) is 5.48. The quantitative estimate of drug-likeness (QED) is 0.495. The Morgan fingerprint density at radius 1 is 0.941 bits per heavy atom. The summed E-state index contributed by atoms with van der Waals surface area (Å²) in [4.78, 5) is 0. The van der Waals surface area contributed by atoms with Gasteiger partial charge in [0.15, 0.2) is 0 Å². The predicted molar refractivity (Wildman–Crippen MR) is 82.4 cm³/mol. The lowest BCUT2D eigenvalue weighted by molar-refractivity contribution is 0.124. The average Bonchev–Trinajstić information content (AvgIpc) is 2.24. The maximum Gasteiger partial charge on any atom is -0.0337 e. The van der Waals surface area contributed by atoms with Gasteiger partial charge in [-0.1, -0.05) is 75.2 Å². The third kappa shape index (κ3) is 8.69. The van der Waals surface area contributed by atoms with Crippen molar-refractivity contribution in [3.63, 3.8) is 0 Å². The molecule has 0 aromatic rings. The molecule has 0 heterocycles. The highest BCUT2D eigenvalue weighted by atomic mass is 14.4. The summed E-state index contributed by atoms with van der Waals surface area (Å²) < 4.78 is 0. The zero-order valence-corrected chi connectivity index (χ0v) is 14.1. The van der Waals surface area contributed by atoms with Crippen LogP contribution in [0.5, 0.6) is 0 Å². The van der Waals surface area contributed by atoms with E-state index in [9.17, 15) is 0 Å². The molecule has 0 heteroatoms. The molecule has 0 nitrogen and oxygen atoms in total. The maximum absolute atomic E-state index is 2.41. The summed E-state index contributed by atoms with van der Waals surface area (Å²) in [6, 6.07) is 0. The maximum atomic E-state index is 2.41. The molecule has 0 aromatic carbocycles. The summed E-state index contributed by atoms with van der Waals surface area (Å²) in [5.74, 6) is 2.66. The Labute approximate surface area is 112 Å². The van der Waals surface area contributed by atoms with Crippen molar-refractivity contribution in [1.29, 1.82) is 0 Å². The van der Waals surface area contributed by atoms with Gasteiger partial charge in [-0.25, -0.2) is 0 Å². The normalized spacial score (nSPS) is 15.2. The molecule has 0 rings (SSSR count). The van der Waals surface area contributed by atoms with Crippen molar-refractivity contribution in [1.82, 2.24) is 0 Å². The van der Waals surface area contributed by atoms with Crippen LogP contribution < -0.4 is 0 Å². The predicted octanol–water partition coefficient (Wildman–Crippen LogP) is 6.55. The number of rotatable bonds is 6. The molecule has 17 heavy (non-hydrogen) atoms. The third-order valence-corrected chi connectivity index (χ3v) is 3.58.